The van der Waals surface area contributed by atoms with E-state index < -0.39 is 15.4 Å². The number of sulfone groups is 1. The fraction of sp³-hybridized carbons (Fsp3) is 0.286. The van der Waals surface area contributed by atoms with E-state index in [1.807, 2.05) is 42.5 Å². The first-order valence-corrected chi connectivity index (χ1v) is 12.8. The predicted octanol–water partition coefficient (Wildman–Crippen LogP) is 3.81. The van der Waals surface area contributed by atoms with Crippen LogP contribution in [0.15, 0.2) is 53.7 Å². The average Bonchev–Trinajstić information content (AvgIpc) is 3.00. The van der Waals surface area contributed by atoms with Gasteiger partial charge in [0, 0.05) is 5.39 Å². The lowest BCUT2D eigenvalue weighted by molar-refractivity contribution is -0.120. The molecule has 31 heavy (non-hydrogen) atoms. The van der Waals surface area contributed by atoms with Crippen molar-refractivity contribution in [2.45, 2.75) is 24.0 Å². The minimum absolute atomic E-state index is 0.0330. The van der Waals surface area contributed by atoms with E-state index in [2.05, 4.69) is 20.6 Å². The zero-order valence-corrected chi connectivity index (χ0v) is 19.1. The molecular formula is C21H21ClN4O3S2. The van der Waals surface area contributed by atoms with Gasteiger partial charge in [0.25, 0.3) is 0 Å². The standard InChI is InChI=1S/C21H21ClN4O3S2/c1-21(10-11-31(28,29)13-21)26-18(27)12-30-20-24-16-8-4-2-6-14(16)19(25-20)23-17-9-5-3-7-15(17)22/h2-9H,10-13H2,1H3,(H,26,27)(H,23,24,25). The number of nitrogens with zero attached hydrogens (tertiary/aromatic N) is 2. The Labute approximate surface area is 189 Å². The van der Waals surface area contributed by atoms with Gasteiger partial charge in [0.15, 0.2) is 15.0 Å². The van der Waals surface area contributed by atoms with Crippen LogP contribution in [-0.2, 0) is 14.6 Å². The monoisotopic (exact) mass is 476 g/mol. The maximum atomic E-state index is 12.5. The Morgan fingerprint density at radius 3 is 2.65 bits per heavy atom. The van der Waals surface area contributed by atoms with Gasteiger partial charge >= 0.3 is 0 Å². The Balaban J connectivity index is 1.52. The highest BCUT2D eigenvalue weighted by Crippen LogP contribution is 2.30. The number of aromatic nitrogens is 2. The van der Waals surface area contributed by atoms with E-state index in [4.69, 9.17) is 11.6 Å². The Bertz CT molecular complexity index is 1250. The molecule has 0 aliphatic carbocycles. The number of rotatable bonds is 6. The van der Waals surface area contributed by atoms with E-state index in [-0.39, 0.29) is 23.2 Å². The number of para-hydroxylation sites is 2. The van der Waals surface area contributed by atoms with Crippen molar-refractivity contribution >= 4 is 61.5 Å². The molecule has 1 amide bonds. The molecule has 7 nitrogen and oxygen atoms in total. The number of amides is 1. The van der Waals surface area contributed by atoms with Crippen LogP contribution in [0, 0.1) is 0 Å². The summed E-state index contributed by atoms with van der Waals surface area (Å²) in [5.74, 6) is 0.494. The zero-order valence-electron chi connectivity index (χ0n) is 16.8. The number of fused-ring (bicyclic) bond motifs is 1. The third-order valence-electron chi connectivity index (χ3n) is 4.99. The van der Waals surface area contributed by atoms with Crippen LogP contribution in [-0.4, -0.2) is 47.1 Å². The van der Waals surface area contributed by atoms with Gasteiger partial charge in [-0.15, -0.1) is 0 Å². The van der Waals surface area contributed by atoms with Crippen LogP contribution in [0.25, 0.3) is 10.9 Å². The van der Waals surface area contributed by atoms with E-state index in [0.29, 0.717) is 22.4 Å². The minimum Gasteiger partial charge on any atom is -0.349 e. The smallest absolute Gasteiger partial charge is 0.230 e. The highest BCUT2D eigenvalue weighted by Gasteiger charge is 2.39. The summed E-state index contributed by atoms with van der Waals surface area (Å²) in [4.78, 5) is 21.6. The molecule has 0 saturated carbocycles. The van der Waals surface area contributed by atoms with Crippen molar-refractivity contribution in [1.82, 2.24) is 15.3 Å². The van der Waals surface area contributed by atoms with Crippen molar-refractivity contribution in [3.05, 3.63) is 53.6 Å². The number of anilines is 2. The number of halogens is 1. The van der Waals surface area contributed by atoms with Crippen molar-refractivity contribution in [2.75, 3.05) is 22.6 Å². The lowest BCUT2D eigenvalue weighted by Crippen LogP contribution is -2.47. The molecule has 2 aromatic carbocycles. The topological polar surface area (TPSA) is 101 Å². The third-order valence-corrected chi connectivity index (χ3v) is 8.07. The Hall–Kier alpha value is -2.36. The molecule has 1 aromatic heterocycles. The van der Waals surface area contributed by atoms with Gasteiger partial charge in [0.2, 0.25) is 5.91 Å². The van der Waals surface area contributed by atoms with Gasteiger partial charge in [-0.2, -0.15) is 0 Å². The van der Waals surface area contributed by atoms with Crippen molar-refractivity contribution in [3.63, 3.8) is 0 Å². The second-order valence-corrected chi connectivity index (χ2v) is 11.3. The number of hydrogen-bond donors (Lipinski definition) is 2. The summed E-state index contributed by atoms with van der Waals surface area (Å²) < 4.78 is 23.5. The van der Waals surface area contributed by atoms with Gasteiger partial charge in [-0.05, 0) is 37.6 Å². The maximum Gasteiger partial charge on any atom is 0.230 e. The summed E-state index contributed by atoms with van der Waals surface area (Å²) in [6.45, 7) is 1.76. The fourth-order valence-electron chi connectivity index (χ4n) is 3.52. The van der Waals surface area contributed by atoms with Crippen LogP contribution in [0.2, 0.25) is 5.02 Å². The van der Waals surface area contributed by atoms with Gasteiger partial charge in [-0.3, -0.25) is 4.79 Å². The molecule has 162 valence electrons. The van der Waals surface area contributed by atoms with Crippen LogP contribution in [0.4, 0.5) is 11.5 Å². The number of carbonyl (C=O) groups excluding carboxylic acids is 1. The van der Waals surface area contributed by atoms with E-state index in [1.54, 1.807) is 13.0 Å². The summed E-state index contributed by atoms with van der Waals surface area (Å²) in [6, 6.07) is 15.0. The first-order valence-electron chi connectivity index (χ1n) is 9.66. The Kier molecular flexibility index (Phi) is 6.09. The first kappa shape index (κ1) is 21.9. The summed E-state index contributed by atoms with van der Waals surface area (Å²) in [7, 11) is -3.10. The molecule has 1 saturated heterocycles. The summed E-state index contributed by atoms with van der Waals surface area (Å²) in [5, 5.41) is 7.94. The molecule has 1 aliphatic rings. The molecule has 3 aromatic rings. The van der Waals surface area contributed by atoms with E-state index >= 15 is 0 Å². The van der Waals surface area contributed by atoms with Crippen molar-refractivity contribution in [1.29, 1.82) is 0 Å². The largest absolute Gasteiger partial charge is 0.349 e. The molecule has 0 radical (unpaired) electrons. The summed E-state index contributed by atoms with van der Waals surface area (Å²) in [5.41, 5.74) is 0.734. The number of nitrogens with one attached hydrogen (secondary N) is 2. The first-order chi connectivity index (χ1) is 14.7. The molecule has 10 heteroatoms. The SMILES string of the molecule is CC1(NC(=O)CSc2nc(Nc3ccccc3Cl)c3ccccc3n2)CCS(=O)(=O)C1. The van der Waals surface area contributed by atoms with Crippen molar-refractivity contribution < 1.29 is 13.2 Å². The van der Waals surface area contributed by atoms with Crippen LogP contribution >= 0.6 is 23.4 Å². The number of benzene rings is 2. The predicted molar refractivity (Wildman–Crippen MR) is 125 cm³/mol. The molecule has 1 aliphatic heterocycles. The number of hydrogen-bond acceptors (Lipinski definition) is 7. The maximum absolute atomic E-state index is 12.5. The van der Waals surface area contributed by atoms with Crippen LogP contribution < -0.4 is 10.6 Å². The van der Waals surface area contributed by atoms with E-state index in [0.717, 1.165) is 16.6 Å². The van der Waals surface area contributed by atoms with Crippen molar-refractivity contribution in [2.24, 2.45) is 0 Å². The van der Waals surface area contributed by atoms with Gasteiger partial charge < -0.3 is 10.6 Å². The highest BCUT2D eigenvalue weighted by molar-refractivity contribution is 7.99. The van der Waals surface area contributed by atoms with E-state index in [1.165, 1.54) is 11.8 Å². The quantitative estimate of drug-likeness (QED) is 0.412. The Morgan fingerprint density at radius 1 is 1.16 bits per heavy atom. The molecule has 2 heterocycles. The average molecular weight is 477 g/mol. The van der Waals surface area contributed by atoms with Gasteiger partial charge in [-0.25, -0.2) is 18.4 Å². The third kappa shape index (κ3) is 5.28. The fourth-order valence-corrected chi connectivity index (χ4v) is 6.44. The molecular weight excluding hydrogens is 456 g/mol. The molecule has 1 unspecified atom stereocenters. The van der Waals surface area contributed by atoms with E-state index in [9.17, 15) is 13.2 Å². The molecule has 1 fully saturated rings. The van der Waals surface area contributed by atoms with Crippen LogP contribution in [0.1, 0.15) is 13.3 Å². The lowest BCUT2D eigenvalue weighted by atomic mass is 10.0. The highest BCUT2D eigenvalue weighted by atomic mass is 35.5. The zero-order chi connectivity index (χ0) is 22.1. The van der Waals surface area contributed by atoms with Crippen LogP contribution in [0.3, 0.4) is 0 Å². The number of carbonyl (C=O) groups is 1. The molecule has 0 bridgehead atoms. The summed E-state index contributed by atoms with van der Waals surface area (Å²) >= 11 is 7.47. The van der Waals surface area contributed by atoms with Crippen molar-refractivity contribution in [3.8, 4) is 0 Å². The Morgan fingerprint density at radius 2 is 1.90 bits per heavy atom. The molecule has 2 N–H and O–H groups in total. The van der Waals surface area contributed by atoms with Gasteiger partial charge in [-0.1, -0.05) is 47.6 Å². The minimum atomic E-state index is -3.10. The second kappa shape index (κ2) is 8.64. The lowest BCUT2D eigenvalue weighted by Gasteiger charge is -2.23. The molecule has 0 spiro atoms. The molecule has 4 rings (SSSR count). The van der Waals surface area contributed by atoms with Gasteiger partial charge in [0.05, 0.1) is 39.0 Å². The van der Waals surface area contributed by atoms with Gasteiger partial charge in [0.1, 0.15) is 5.82 Å². The molecule has 1 atom stereocenters. The summed E-state index contributed by atoms with van der Waals surface area (Å²) in [6.07, 6.45) is 0.421. The normalized spacial score (nSPS) is 19.9. The van der Waals surface area contributed by atoms with Crippen LogP contribution in [0.5, 0.6) is 0 Å². The number of thioether (sulfide) groups is 1. The second-order valence-electron chi connectivity index (χ2n) is 7.72.